The van der Waals surface area contributed by atoms with Crippen LogP contribution in [-0.4, -0.2) is 47.9 Å². The highest BCUT2D eigenvalue weighted by Crippen LogP contribution is 2.25. The maximum atomic E-state index is 11.9. The fourth-order valence-electron chi connectivity index (χ4n) is 2.36. The molecule has 2 fully saturated rings. The maximum Gasteiger partial charge on any atom is 0.228 e. The summed E-state index contributed by atoms with van der Waals surface area (Å²) >= 11 is 0. The molecule has 0 saturated carbocycles. The molecule has 0 unspecified atom stereocenters. The Kier molecular flexibility index (Phi) is 3.01. The van der Waals surface area contributed by atoms with E-state index in [4.69, 9.17) is 0 Å². The van der Waals surface area contributed by atoms with Crippen LogP contribution in [0.5, 0.6) is 0 Å². The molecule has 15 heavy (non-hydrogen) atoms. The highest BCUT2D eigenvalue weighted by molar-refractivity contribution is 5.81. The molecule has 0 aromatic rings. The smallest absolute Gasteiger partial charge is 0.228 e. The normalized spacial score (nSPS) is 24.1. The Morgan fingerprint density at radius 1 is 1.27 bits per heavy atom. The third-order valence-electron chi connectivity index (χ3n) is 3.84. The summed E-state index contributed by atoms with van der Waals surface area (Å²) in [6.45, 7) is 10.6. The molecule has 0 spiro atoms. The van der Waals surface area contributed by atoms with Crippen molar-refractivity contribution in [2.24, 2.45) is 11.8 Å². The molecular weight excluding hydrogens is 188 g/mol. The zero-order valence-corrected chi connectivity index (χ0v) is 10.1. The Balaban J connectivity index is 1.71. The summed E-state index contributed by atoms with van der Waals surface area (Å²) in [6.07, 6.45) is 1.21. The molecule has 0 N–H and O–H groups in total. The van der Waals surface area contributed by atoms with E-state index in [0.717, 1.165) is 32.1 Å². The number of hydrogen-bond donors (Lipinski definition) is 0. The molecule has 0 aromatic heterocycles. The van der Waals surface area contributed by atoms with Gasteiger partial charge in [-0.15, -0.1) is 0 Å². The van der Waals surface area contributed by atoms with Crippen LogP contribution in [-0.2, 0) is 4.79 Å². The fraction of sp³-hybridized carbons (Fsp3) is 0.917. The van der Waals surface area contributed by atoms with Crippen LogP contribution in [0.2, 0.25) is 0 Å². The monoisotopic (exact) mass is 210 g/mol. The SMILES string of the molecule is CCC1CN(C(=O)C2CN(C(C)C)C2)C1. The Morgan fingerprint density at radius 3 is 2.33 bits per heavy atom. The quantitative estimate of drug-likeness (QED) is 0.698. The van der Waals surface area contributed by atoms with E-state index >= 15 is 0 Å². The first-order valence-electron chi connectivity index (χ1n) is 6.14. The summed E-state index contributed by atoms with van der Waals surface area (Å²) in [5.41, 5.74) is 0. The van der Waals surface area contributed by atoms with Crippen molar-refractivity contribution in [3.05, 3.63) is 0 Å². The van der Waals surface area contributed by atoms with E-state index in [1.165, 1.54) is 6.42 Å². The lowest BCUT2D eigenvalue weighted by molar-refractivity contribution is -0.148. The minimum Gasteiger partial charge on any atom is -0.342 e. The van der Waals surface area contributed by atoms with Gasteiger partial charge < -0.3 is 4.90 Å². The largest absolute Gasteiger partial charge is 0.342 e. The third kappa shape index (κ3) is 2.03. The van der Waals surface area contributed by atoms with Crippen LogP contribution in [0.15, 0.2) is 0 Å². The lowest BCUT2D eigenvalue weighted by Crippen LogP contribution is -2.60. The molecule has 0 aliphatic carbocycles. The van der Waals surface area contributed by atoms with Crippen LogP contribution in [0.4, 0.5) is 0 Å². The summed E-state index contributed by atoms with van der Waals surface area (Å²) in [5, 5.41) is 0. The van der Waals surface area contributed by atoms with E-state index in [-0.39, 0.29) is 0 Å². The van der Waals surface area contributed by atoms with Gasteiger partial charge in [-0.1, -0.05) is 6.92 Å². The standard InChI is InChI=1S/C12H22N2O/c1-4-10-5-14(6-10)12(15)11-7-13(8-11)9(2)3/h9-11H,4-8H2,1-3H3. The minimum absolute atomic E-state index is 0.296. The average Bonchev–Trinajstić information content (AvgIpc) is 1.98. The van der Waals surface area contributed by atoms with Crippen molar-refractivity contribution in [1.29, 1.82) is 0 Å². The van der Waals surface area contributed by atoms with Gasteiger partial charge >= 0.3 is 0 Å². The summed E-state index contributed by atoms with van der Waals surface area (Å²) < 4.78 is 0. The molecule has 0 atom stereocenters. The summed E-state index contributed by atoms with van der Waals surface area (Å²) in [7, 11) is 0. The highest BCUT2D eigenvalue weighted by atomic mass is 16.2. The molecule has 2 heterocycles. The van der Waals surface area contributed by atoms with Gasteiger partial charge in [0.2, 0.25) is 5.91 Å². The predicted molar refractivity (Wildman–Crippen MR) is 60.6 cm³/mol. The van der Waals surface area contributed by atoms with Crippen molar-refractivity contribution < 1.29 is 4.79 Å². The number of carbonyl (C=O) groups is 1. The summed E-state index contributed by atoms with van der Waals surface area (Å²) in [4.78, 5) is 16.3. The Morgan fingerprint density at radius 2 is 1.87 bits per heavy atom. The summed E-state index contributed by atoms with van der Waals surface area (Å²) in [5.74, 6) is 1.47. The van der Waals surface area contributed by atoms with Gasteiger partial charge in [-0.2, -0.15) is 0 Å². The van der Waals surface area contributed by atoms with Gasteiger partial charge in [-0.3, -0.25) is 9.69 Å². The first-order valence-corrected chi connectivity index (χ1v) is 6.14. The molecule has 1 amide bonds. The van der Waals surface area contributed by atoms with E-state index < -0.39 is 0 Å². The highest BCUT2D eigenvalue weighted by Gasteiger charge is 2.39. The van der Waals surface area contributed by atoms with Gasteiger partial charge in [0.1, 0.15) is 0 Å². The molecule has 2 aliphatic rings. The van der Waals surface area contributed by atoms with Gasteiger partial charge in [0, 0.05) is 32.2 Å². The summed E-state index contributed by atoms with van der Waals surface area (Å²) in [6, 6.07) is 0.592. The molecule has 86 valence electrons. The number of carbonyl (C=O) groups excluding carboxylic acids is 1. The van der Waals surface area contributed by atoms with Crippen molar-refractivity contribution in [3.63, 3.8) is 0 Å². The van der Waals surface area contributed by atoms with Crippen LogP contribution in [0.3, 0.4) is 0 Å². The van der Waals surface area contributed by atoms with Crippen LogP contribution < -0.4 is 0 Å². The second kappa shape index (κ2) is 4.12. The van der Waals surface area contributed by atoms with Crippen molar-refractivity contribution in [1.82, 2.24) is 9.80 Å². The van der Waals surface area contributed by atoms with Crippen molar-refractivity contribution >= 4 is 5.91 Å². The molecule has 0 radical (unpaired) electrons. The van der Waals surface area contributed by atoms with E-state index in [2.05, 4.69) is 25.7 Å². The topological polar surface area (TPSA) is 23.6 Å². The number of likely N-dealkylation sites (tertiary alicyclic amines) is 2. The molecule has 3 nitrogen and oxygen atoms in total. The van der Waals surface area contributed by atoms with Gasteiger partial charge in [0.05, 0.1) is 5.92 Å². The number of hydrogen-bond acceptors (Lipinski definition) is 2. The molecule has 2 aliphatic heterocycles. The number of rotatable bonds is 3. The Bertz CT molecular complexity index is 240. The van der Waals surface area contributed by atoms with Crippen LogP contribution in [0.25, 0.3) is 0 Å². The molecular formula is C12H22N2O. The first kappa shape index (κ1) is 10.9. The van der Waals surface area contributed by atoms with Crippen molar-refractivity contribution in [2.45, 2.75) is 33.2 Å². The maximum absolute atomic E-state index is 11.9. The van der Waals surface area contributed by atoms with Gasteiger partial charge in [-0.05, 0) is 26.2 Å². The van der Waals surface area contributed by atoms with Crippen molar-refractivity contribution in [3.8, 4) is 0 Å². The Hall–Kier alpha value is -0.570. The molecule has 2 rings (SSSR count). The first-order chi connectivity index (χ1) is 7.11. The van der Waals surface area contributed by atoms with E-state index in [1.807, 2.05) is 4.90 Å². The van der Waals surface area contributed by atoms with Gasteiger partial charge in [0.25, 0.3) is 0 Å². The van der Waals surface area contributed by atoms with Crippen molar-refractivity contribution in [2.75, 3.05) is 26.2 Å². The minimum atomic E-state index is 0.296. The number of nitrogens with zero attached hydrogens (tertiary/aromatic N) is 2. The lowest BCUT2D eigenvalue weighted by Gasteiger charge is -2.47. The average molecular weight is 210 g/mol. The fourth-order valence-corrected chi connectivity index (χ4v) is 2.36. The number of amides is 1. The molecule has 0 bridgehead atoms. The third-order valence-corrected chi connectivity index (χ3v) is 3.84. The predicted octanol–water partition coefficient (Wildman–Crippen LogP) is 1.19. The van der Waals surface area contributed by atoms with Crippen LogP contribution >= 0.6 is 0 Å². The Labute approximate surface area is 92.4 Å². The zero-order chi connectivity index (χ0) is 11.0. The lowest BCUT2D eigenvalue weighted by atomic mass is 9.91. The second-order valence-corrected chi connectivity index (χ2v) is 5.26. The van der Waals surface area contributed by atoms with Crippen LogP contribution in [0, 0.1) is 11.8 Å². The van der Waals surface area contributed by atoms with Crippen LogP contribution in [0.1, 0.15) is 27.2 Å². The second-order valence-electron chi connectivity index (χ2n) is 5.26. The van der Waals surface area contributed by atoms with E-state index in [1.54, 1.807) is 0 Å². The zero-order valence-electron chi connectivity index (χ0n) is 10.1. The van der Waals surface area contributed by atoms with E-state index in [9.17, 15) is 4.79 Å². The molecule has 3 heteroatoms. The van der Waals surface area contributed by atoms with Gasteiger partial charge in [0.15, 0.2) is 0 Å². The van der Waals surface area contributed by atoms with Gasteiger partial charge in [-0.25, -0.2) is 0 Å². The molecule has 0 aromatic carbocycles. The molecule has 2 saturated heterocycles. The van der Waals surface area contributed by atoms with E-state index in [0.29, 0.717) is 17.9 Å².